The van der Waals surface area contributed by atoms with Crippen molar-refractivity contribution < 1.29 is 18.3 Å². The summed E-state index contributed by atoms with van der Waals surface area (Å²) in [7, 11) is -3.29. The molecule has 0 unspecified atom stereocenters. The van der Waals surface area contributed by atoms with Crippen LogP contribution in [-0.4, -0.2) is 24.6 Å². The first-order chi connectivity index (χ1) is 7.74. The topological polar surface area (TPSA) is 71.4 Å². The third-order valence-corrected chi connectivity index (χ3v) is 4.71. The smallest absolute Gasteiger partial charge is 0.159 e. The maximum atomic E-state index is 11.7. The maximum Gasteiger partial charge on any atom is 0.159 e. The van der Waals surface area contributed by atoms with E-state index < -0.39 is 15.1 Å². The minimum Gasteiger partial charge on any atom is -0.508 e. The summed E-state index contributed by atoms with van der Waals surface area (Å²) in [5.41, 5.74) is 0.670. The molecule has 0 fully saturated rings. The Morgan fingerprint density at radius 1 is 1.35 bits per heavy atom. The SMILES string of the molecule is CC(=O)c1ccc(O)c(CS(=O)(=O)C(C)C)c1. The Bertz CT molecular complexity index is 529. The zero-order chi connectivity index (χ0) is 13.2. The Labute approximate surface area is 101 Å². The number of carbonyl (C=O) groups excluding carboxylic acids is 1. The average Bonchev–Trinajstić information content (AvgIpc) is 2.20. The fraction of sp³-hybridized carbons (Fsp3) is 0.417. The summed E-state index contributed by atoms with van der Waals surface area (Å²) in [4.78, 5) is 11.2. The van der Waals surface area contributed by atoms with Crippen molar-refractivity contribution in [2.24, 2.45) is 0 Å². The third kappa shape index (κ3) is 3.30. The van der Waals surface area contributed by atoms with Crippen LogP contribution < -0.4 is 0 Å². The molecule has 0 aliphatic carbocycles. The van der Waals surface area contributed by atoms with Crippen molar-refractivity contribution >= 4 is 15.6 Å². The van der Waals surface area contributed by atoms with Crippen LogP contribution in [0, 0.1) is 0 Å². The van der Waals surface area contributed by atoms with Crippen molar-refractivity contribution in [2.75, 3.05) is 0 Å². The second kappa shape index (κ2) is 4.87. The molecule has 0 radical (unpaired) electrons. The number of Topliss-reactive ketones (excluding diaryl/α,β-unsaturated/α-hetero) is 1. The van der Waals surface area contributed by atoms with Crippen molar-refractivity contribution in [1.82, 2.24) is 0 Å². The monoisotopic (exact) mass is 256 g/mol. The minimum atomic E-state index is -3.29. The van der Waals surface area contributed by atoms with Gasteiger partial charge in [0.15, 0.2) is 15.6 Å². The van der Waals surface area contributed by atoms with Crippen LogP contribution in [0.5, 0.6) is 5.75 Å². The van der Waals surface area contributed by atoms with Crippen LogP contribution in [0.15, 0.2) is 18.2 Å². The van der Waals surface area contributed by atoms with Gasteiger partial charge in [-0.25, -0.2) is 8.42 Å². The van der Waals surface area contributed by atoms with Crippen molar-refractivity contribution in [3.8, 4) is 5.75 Å². The van der Waals surface area contributed by atoms with Gasteiger partial charge in [0.2, 0.25) is 0 Å². The third-order valence-electron chi connectivity index (χ3n) is 2.56. The van der Waals surface area contributed by atoms with E-state index >= 15 is 0 Å². The van der Waals surface area contributed by atoms with Gasteiger partial charge in [-0.2, -0.15) is 0 Å². The van der Waals surface area contributed by atoms with Gasteiger partial charge in [0.25, 0.3) is 0 Å². The minimum absolute atomic E-state index is 0.0979. The van der Waals surface area contributed by atoms with E-state index in [0.29, 0.717) is 5.56 Å². The highest BCUT2D eigenvalue weighted by Crippen LogP contribution is 2.22. The normalized spacial score (nSPS) is 11.8. The van der Waals surface area contributed by atoms with Crippen LogP contribution >= 0.6 is 0 Å². The highest BCUT2D eigenvalue weighted by molar-refractivity contribution is 7.91. The first-order valence-electron chi connectivity index (χ1n) is 5.28. The molecule has 0 aromatic heterocycles. The first kappa shape index (κ1) is 13.7. The van der Waals surface area contributed by atoms with Gasteiger partial charge in [0.05, 0.1) is 11.0 Å². The van der Waals surface area contributed by atoms with E-state index in [9.17, 15) is 18.3 Å². The second-order valence-electron chi connectivity index (χ2n) is 4.26. The molecule has 0 saturated carbocycles. The molecule has 0 amide bonds. The standard InChI is InChI=1S/C12H16O4S/c1-8(2)17(15,16)7-11-6-10(9(3)13)4-5-12(11)14/h4-6,8,14H,7H2,1-3H3. The predicted molar refractivity (Wildman–Crippen MR) is 65.9 cm³/mol. The number of hydrogen-bond acceptors (Lipinski definition) is 4. The van der Waals surface area contributed by atoms with Gasteiger partial charge in [-0.05, 0) is 39.0 Å². The Hall–Kier alpha value is -1.36. The van der Waals surface area contributed by atoms with Crippen molar-refractivity contribution in [1.29, 1.82) is 0 Å². The number of sulfone groups is 1. The lowest BCUT2D eigenvalue weighted by atomic mass is 10.1. The molecule has 1 N–H and O–H groups in total. The van der Waals surface area contributed by atoms with E-state index in [-0.39, 0.29) is 22.8 Å². The number of aromatic hydroxyl groups is 1. The van der Waals surface area contributed by atoms with Crippen LogP contribution in [0.25, 0.3) is 0 Å². The summed E-state index contributed by atoms with van der Waals surface area (Å²) in [6, 6.07) is 4.25. The van der Waals surface area contributed by atoms with Crippen LogP contribution in [0.3, 0.4) is 0 Å². The van der Waals surface area contributed by atoms with Gasteiger partial charge in [-0.3, -0.25) is 4.79 Å². The largest absolute Gasteiger partial charge is 0.508 e. The van der Waals surface area contributed by atoms with Gasteiger partial charge in [-0.15, -0.1) is 0 Å². The molecular formula is C12H16O4S. The Balaban J connectivity index is 3.15. The molecule has 5 heteroatoms. The zero-order valence-corrected chi connectivity index (χ0v) is 10.9. The van der Waals surface area contributed by atoms with Crippen LogP contribution in [0.1, 0.15) is 36.7 Å². The maximum absolute atomic E-state index is 11.7. The lowest BCUT2D eigenvalue weighted by molar-refractivity contribution is 0.101. The zero-order valence-electron chi connectivity index (χ0n) is 10.1. The Morgan fingerprint density at radius 2 is 1.94 bits per heavy atom. The first-order valence-corrected chi connectivity index (χ1v) is 7.00. The molecule has 0 aliphatic heterocycles. The summed E-state index contributed by atoms with van der Waals surface area (Å²) in [6.45, 7) is 4.56. The summed E-state index contributed by atoms with van der Waals surface area (Å²) in [5, 5.41) is 9.07. The average molecular weight is 256 g/mol. The Morgan fingerprint density at radius 3 is 2.41 bits per heavy atom. The van der Waals surface area contributed by atoms with E-state index in [1.807, 2.05) is 0 Å². The molecule has 0 bridgehead atoms. The van der Waals surface area contributed by atoms with Crippen LogP contribution in [0.4, 0.5) is 0 Å². The van der Waals surface area contributed by atoms with Crippen molar-refractivity contribution in [2.45, 2.75) is 31.8 Å². The number of hydrogen-bond donors (Lipinski definition) is 1. The van der Waals surface area contributed by atoms with E-state index in [1.54, 1.807) is 13.8 Å². The van der Waals surface area contributed by atoms with Gasteiger partial charge in [0.1, 0.15) is 5.75 Å². The number of carbonyl (C=O) groups is 1. The Kier molecular flexibility index (Phi) is 3.93. The van der Waals surface area contributed by atoms with Gasteiger partial charge < -0.3 is 5.11 Å². The number of rotatable bonds is 4. The quantitative estimate of drug-likeness (QED) is 0.835. The van der Waals surface area contributed by atoms with Crippen LogP contribution in [-0.2, 0) is 15.6 Å². The molecule has 0 saturated heterocycles. The van der Waals surface area contributed by atoms with Gasteiger partial charge in [0, 0.05) is 11.1 Å². The summed E-state index contributed by atoms with van der Waals surface area (Å²) >= 11 is 0. The summed E-state index contributed by atoms with van der Waals surface area (Å²) < 4.78 is 23.5. The fourth-order valence-corrected chi connectivity index (χ4v) is 2.30. The number of phenols is 1. The van der Waals surface area contributed by atoms with Crippen molar-refractivity contribution in [3.63, 3.8) is 0 Å². The molecule has 1 aromatic carbocycles. The number of benzene rings is 1. The van der Waals surface area contributed by atoms with Gasteiger partial charge >= 0.3 is 0 Å². The van der Waals surface area contributed by atoms with E-state index in [2.05, 4.69) is 0 Å². The molecule has 0 aliphatic rings. The predicted octanol–water partition coefficient (Wildman–Crippen LogP) is 1.92. The van der Waals surface area contributed by atoms with Crippen LogP contribution in [0.2, 0.25) is 0 Å². The number of phenolic OH excluding ortho intramolecular Hbond substituents is 1. The summed E-state index contributed by atoms with van der Waals surface area (Å²) in [6.07, 6.45) is 0. The van der Waals surface area contributed by atoms with E-state index in [4.69, 9.17) is 0 Å². The second-order valence-corrected chi connectivity index (χ2v) is 6.81. The molecule has 4 nitrogen and oxygen atoms in total. The number of ketones is 1. The highest BCUT2D eigenvalue weighted by atomic mass is 32.2. The lowest BCUT2D eigenvalue weighted by Crippen LogP contribution is -2.16. The molecule has 1 aromatic rings. The molecule has 0 heterocycles. The summed E-state index contributed by atoms with van der Waals surface area (Å²) in [5.74, 6) is -0.509. The molecule has 0 spiro atoms. The van der Waals surface area contributed by atoms with E-state index in [0.717, 1.165) is 0 Å². The van der Waals surface area contributed by atoms with Gasteiger partial charge in [-0.1, -0.05) is 0 Å². The van der Waals surface area contributed by atoms with Crippen molar-refractivity contribution in [3.05, 3.63) is 29.3 Å². The molecule has 17 heavy (non-hydrogen) atoms. The van der Waals surface area contributed by atoms with E-state index in [1.165, 1.54) is 25.1 Å². The molecular weight excluding hydrogens is 240 g/mol. The highest BCUT2D eigenvalue weighted by Gasteiger charge is 2.19. The molecule has 0 atom stereocenters. The lowest BCUT2D eigenvalue weighted by Gasteiger charge is -2.10. The fourth-order valence-electron chi connectivity index (χ4n) is 1.30. The molecule has 94 valence electrons. The molecule has 1 rings (SSSR count).